The quantitative estimate of drug-likeness (QED) is 0.702. The first-order valence-corrected chi connectivity index (χ1v) is 9.17. The van der Waals surface area contributed by atoms with E-state index in [9.17, 15) is 4.79 Å². The van der Waals surface area contributed by atoms with E-state index in [1.807, 2.05) is 0 Å². The molecule has 5 heteroatoms. The fourth-order valence-electron chi connectivity index (χ4n) is 4.69. The van der Waals surface area contributed by atoms with Crippen LogP contribution in [-0.4, -0.2) is 67.6 Å². The van der Waals surface area contributed by atoms with E-state index >= 15 is 0 Å². The molecule has 1 heterocycles. The first-order valence-electron chi connectivity index (χ1n) is 9.17. The zero-order chi connectivity index (χ0) is 15.5. The predicted octanol–water partition coefficient (Wildman–Crippen LogP) is 0.504. The van der Waals surface area contributed by atoms with Crippen LogP contribution in [0.25, 0.3) is 0 Å². The second kappa shape index (κ2) is 7.28. The molecule has 0 aromatic rings. The largest absolute Gasteiger partial charge is 0.356 e. The summed E-state index contributed by atoms with van der Waals surface area (Å²) in [5, 5.41) is 3.14. The molecule has 3 fully saturated rings. The zero-order valence-electron chi connectivity index (χ0n) is 14.0. The zero-order valence-corrected chi connectivity index (χ0v) is 14.0. The number of rotatable bonds is 6. The van der Waals surface area contributed by atoms with Crippen molar-refractivity contribution in [2.24, 2.45) is 23.5 Å². The highest BCUT2D eigenvalue weighted by atomic mass is 16.1. The Balaban J connectivity index is 1.31. The smallest absolute Gasteiger partial charge is 0.224 e. The summed E-state index contributed by atoms with van der Waals surface area (Å²) in [5.41, 5.74) is 6.24. The molecular weight excluding hydrogens is 276 g/mol. The molecular formula is C17H32N4O. The molecule has 3 N–H and O–H groups in total. The molecule has 2 aliphatic carbocycles. The van der Waals surface area contributed by atoms with Gasteiger partial charge < -0.3 is 20.9 Å². The van der Waals surface area contributed by atoms with E-state index in [1.54, 1.807) is 0 Å². The van der Waals surface area contributed by atoms with E-state index in [0.717, 1.165) is 26.1 Å². The van der Waals surface area contributed by atoms with Crippen LogP contribution in [0.2, 0.25) is 0 Å². The van der Waals surface area contributed by atoms with Crippen molar-refractivity contribution in [1.29, 1.82) is 0 Å². The van der Waals surface area contributed by atoms with Crippen LogP contribution < -0.4 is 11.1 Å². The molecule has 3 rings (SSSR count). The van der Waals surface area contributed by atoms with Gasteiger partial charge in [0.2, 0.25) is 5.91 Å². The average molecular weight is 308 g/mol. The van der Waals surface area contributed by atoms with Gasteiger partial charge in [0.05, 0.1) is 5.92 Å². The van der Waals surface area contributed by atoms with Gasteiger partial charge in [0.15, 0.2) is 0 Å². The fourth-order valence-corrected chi connectivity index (χ4v) is 4.69. The molecule has 2 bridgehead atoms. The van der Waals surface area contributed by atoms with Gasteiger partial charge in [-0.15, -0.1) is 0 Å². The molecule has 1 aliphatic heterocycles. The molecule has 4 unspecified atom stereocenters. The van der Waals surface area contributed by atoms with Crippen LogP contribution in [-0.2, 0) is 4.79 Å². The van der Waals surface area contributed by atoms with Crippen molar-refractivity contribution in [2.45, 2.75) is 38.6 Å². The number of amides is 1. The number of hydrogen-bond donors (Lipinski definition) is 2. The molecule has 0 radical (unpaired) electrons. The normalized spacial score (nSPS) is 35.9. The Hall–Kier alpha value is -0.650. The lowest BCUT2D eigenvalue weighted by Gasteiger charge is -2.34. The summed E-state index contributed by atoms with van der Waals surface area (Å²) in [6.45, 7) is 9.98. The van der Waals surface area contributed by atoms with Gasteiger partial charge in [-0.05, 0) is 50.6 Å². The number of hydrogen-bond acceptors (Lipinski definition) is 4. The van der Waals surface area contributed by atoms with Crippen LogP contribution in [0.1, 0.15) is 32.6 Å². The second-order valence-corrected chi connectivity index (χ2v) is 7.36. The maximum Gasteiger partial charge on any atom is 0.224 e. The van der Waals surface area contributed by atoms with Gasteiger partial charge in [-0.25, -0.2) is 0 Å². The molecule has 1 saturated heterocycles. The summed E-state index contributed by atoms with van der Waals surface area (Å²) in [6.07, 6.45) is 4.67. The highest BCUT2D eigenvalue weighted by Crippen LogP contribution is 2.47. The molecule has 0 aromatic heterocycles. The van der Waals surface area contributed by atoms with Gasteiger partial charge in [0.1, 0.15) is 0 Å². The SMILES string of the molecule is CCN1CCN(CCCNC(=O)C2C3CCC(C3)C2N)CC1. The predicted molar refractivity (Wildman–Crippen MR) is 88.5 cm³/mol. The number of nitrogens with two attached hydrogens (primary N) is 1. The molecule has 0 spiro atoms. The van der Waals surface area contributed by atoms with Crippen molar-refractivity contribution in [1.82, 2.24) is 15.1 Å². The van der Waals surface area contributed by atoms with E-state index in [-0.39, 0.29) is 17.9 Å². The van der Waals surface area contributed by atoms with E-state index < -0.39 is 0 Å². The minimum Gasteiger partial charge on any atom is -0.356 e. The van der Waals surface area contributed by atoms with E-state index in [1.165, 1.54) is 45.4 Å². The number of piperazine rings is 1. The van der Waals surface area contributed by atoms with Crippen molar-refractivity contribution in [3.8, 4) is 0 Å². The van der Waals surface area contributed by atoms with Crippen LogP contribution in [0.3, 0.4) is 0 Å². The van der Waals surface area contributed by atoms with Gasteiger partial charge >= 0.3 is 0 Å². The molecule has 4 atom stereocenters. The number of likely N-dealkylation sites (N-methyl/N-ethyl adjacent to an activating group) is 1. The van der Waals surface area contributed by atoms with Gasteiger partial charge in [0, 0.05) is 38.8 Å². The number of carbonyl (C=O) groups is 1. The molecule has 0 aromatic carbocycles. The molecule has 126 valence electrons. The minimum absolute atomic E-state index is 0.0897. The Bertz CT molecular complexity index is 379. The summed E-state index contributed by atoms with van der Waals surface area (Å²) in [6, 6.07) is 0.112. The number of nitrogens with one attached hydrogen (secondary N) is 1. The van der Waals surface area contributed by atoms with Crippen LogP contribution in [0, 0.1) is 17.8 Å². The molecule has 1 amide bonds. The van der Waals surface area contributed by atoms with E-state index in [4.69, 9.17) is 5.73 Å². The number of carbonyl (C=O) groups excluding carboxylic acids is 1. The van der Waals surface area contributed by atoms with Crippen LogP contribution in [0.4, 0.5) is 0 Å². The lowest BCUT2D eigenvalue weighted by Crippen LogP contribution is -2.47. The van der Waals surface area contributed by atoms with Gasteiger partial charge in [0.25, 0.3) is 0 Å². The van der Waals surface area contributed by atoms with Gasteiger partial charge in [-0.3, -0.25) is 4.79 Å². The Kier molecular flexibility index (Phi) is 5.37. The Morgan fingerprint density at radius 2 is 1.82 bits per heavy atom. The Morgan fingerprint density at radius 3 is 2.45 bits per heavy atom. The summed E-state index contributed by atoms with van der Waals surface area (Å²) < 4.78 is 0. The number of fused-ring (bicyclic) bond motifs is 2. The summed E-state index contributed by atoms with van der Waals surface area (Å²) >= 11 is 0. The Morgan fingerprint density at radius 1 is 1.14 bits per heavy atom. The molecule has 5 nitrogen and oxygen atoms in total. The van der Waals surface area contributed by atoms with Crippen LogP contribution >= 0.6 is 0 Å². The van der Waals surface area contributed by atoms with Crippen LogP contribution in [0.5, 0.6) is 0 Å². The second-order valence-electron chi connectivity index (χ2n) is 7.36. The lowest BCUT2D eigenvalue weighted by molar-refractivity contribution is -0.127. The fraction of sp³-hybridized carbons (Fsp3) is 0.941. The standard InChI is InChI=1S/C17H32N4O/c1-2-20-8-10-21(11-9-20)7-3-6-19-17(22)15-13-4-5-14(12-13)16(15)18/h13-16H,2-12,18H2,1H3,(H,19,22). The minimum atomic E-state index is 0.0897. The topological polar surface area (TPSA) is 61.6 Å². The highest BCUT2D eigenvalue weighted by molar-refractivity contribution is 5.80. The van der Waals surface area contributed by atoms with Crippen molar-refractivity contribution < 1.29 is 4.79 Å². The van der Waals surface area contributed by atoms with Gasteiger partial charge in [-0.1, -0.05) is 6.92 Å². The van der Waals surface area contributed by atoms with Crippen molar-refractivity contribution >= 4 is 5.91 Å². The first kappa shape index (κ1) is 16.2. The third kappa shape index (κ3) is 3.47. The molecule has 3 aliphatic rings. The lowest BCUT2D eigenvalue weighted by atomic mass is 9.84. The van der Waals surface area contributed by atoms with Crippen molar-refractivity contribution in [3.05, 3.63) is 0 Å². The average Bonchev–Trinajstić information content (AvgIpc) is 3.13. The maximum atomic E-state index is 12.4. The maximum absolute atomic E-state index is 12.4. The third-order valence-corrected chi connectivity index (χ3v) is 6.15. The number of nitrogens with zero attached hydrogens (tertiary/aromatic N) is 2. The molecule has 22 heavy (non-hydrogen) atoms. The Labute approximate surface area is 134 Å². The van der Waals surface area contributed by atoms with Gasteiger partial charge in [-0.2, -0.15) is 0 Å². The van der Waals surface area contributed by atoms with Crippen molar-refractivity contribution in [3.63, 3.8) is 0 Å². The van der Waals surface area contributed by atoms with Crippen LogP contribution in [0.15, 0.2) is 0 Å². The summed E-state index contributed by atoms with van der Waals surface area (Å²) in [5.74, 6) is 1.47. The monoisotopic (exact) mass is 308 g/mol. The summed E-state index contributed by atoms with van der Waals surface area (Å²) in [7, 11) is 0. The highest BCUT2D eigenvalue weighted by Gasteiger charge is 2.48. The van der Waals surface area contributed by atoms with E-state index in [2.05, 4.69) is 22.0 Å². The van der Waals surface area contributed by atoms with E-state index in [0.29, 0.717) is 11.8 Å². The molecule has 2 saturated carbocycles. The third-order valence-electron chi connectivity index (χ3n) is 6.15. The van der Waals surface area contributed by atoms with Crippen molar-refractivity contribution in [2.75, 3.05) is 45.8 Å². The summed E-state index contributed by atoms with van der Waals surface area (Å²) in [4.78, 5) is 17.4. The first-order chi connectivity index (χ1) is 10.7.